The highest BCUT2D eigenvalue weighted by Crippen LogP contribution is 2.20. The largest absolute Gasteiger partial charge is 0.347 e. The van der Waals surface area contributed by atoms with Crippen LogP contribution in [-0.2, 0) is 4.79 Å². The number of rotatable bonds is 2. The molecule has 0 unspecified atom stereocenters. The first kappa shape index (κ1) is 6.91. The van der Waals surface area contributed by atoms with E-state index >= 15 is 0 Å². The molecule has 0 aliphatic heterocycles. The quantitative estimate of drug-likeness (QED) is 0.643. The molecule has 0 aliphatic rings. The zero-order chi connectivity index (χ0) is 8.39. The van der Waals surface area contributed by atoms with Crippen LogP contribution in [0.2, 0.25) is 0 Å². The van der Waals surface area contributed by atoms with Crippen LogP contribution in [0.4, 0.5) is 5.82 Å². The van der Waals surface area contributed by atoms with Crippen LogP contribution in [0.25, 0.3) is 10.8 Å². The lowest BCUT2D eigenvalue weighted by Gasteiger charge is -1.92. The fraction of sp³-hybridized carbons (Fsp3) is 0. The number of amides is 1. The van der Waals surface area contributed by atoms with E-state index in [1.54, 1.807) is 6.41 Å². The Kier molecular flexibility index (Phi) is 1.55. The third kappa shape index (κ3) is 0.955. The van der Waals surface area contributed by atoms with Crippen molar-refractivity contribution in [2.24, 2.45) is 0 Å². The number of aromatic amines is 1. The zero-order valence-electron chi connectivity index (χ0n) is 6.29. The van der Waals surface area contributed by atoms with Crippen molar-refractivity contribution in [2.75, 3.05) is 5.32 Å². The van der Waals surface area contributed by atoms with Crippen molar-refractivity contribution >= 4 is 23.0 Å². The lowest BCUT2D eigenvalue weighted by Crippen LogP contribution is -1.93. The minimum Gasteiger partial charge on any atom is -0.347 e. The number of hydrogen-bond acceptors (Lipinski definition) is 1. The van der Waals surface area contributed by atoms with E-state index in [2.05, 4.69) is 10.3 Å². The summed E-state index contributed by atoms with van der Waals surface area (Å²) < 4.78 is 0. The van der Waals surface area contributed by atoms with Gasteiger partial charge in [-0.2, -0.15) is 0 Å². The molecule has 0 aliphatic carbocycles. The van der Waals surface area contributed by atoms with Crippen LogP contribution in [0.1, 0.15) is 0 Å². The lowest BCUT2D eigenvalue weighted by molar-refractivity contribution is 0.561. The first-order chi connectivity index (χ1) is 5.92. The van der Waals surface area contributed by atoms with E-state index in [1.807, 2.05) is 30.5 Å². The number of nitrogens with one attached hydrogen (secondary N) is 2. The van der Waals surface area contributed by atoms with Crippen LogP contribution in [-0.4, -0.2) is 11.4 Å². The summed E-state index contributed by atoms with van der Waals surface area (Å²) in [6, 6.07) is 7.78. The van der Waals surface area contributed by atoms with E-state index in [0.29, 0.717) is 5.82 Å². The summed E-state index contributed by atoms with van der Waals surface area (Å²) in [5.41, 5.74) is 0. The van der Waals surface area contributed by atoms with Gasteiger partial charge in [-0.05, 0) is 0 Å². The topological polar surface area (TPSA) is 44.9 Å². The third-order valence-electron chi connectivity index (χ3n) is 1.78. The molecular formula is C9H7N2O. The van der Waals surface area contributed by atoms with Crippen LogP contribution >= 0.6 is 0 Å². The average Bonchev–Trinajstić information content (AvgIpc) is 2.50. The second-order valence-electron chi connectivity index (χ2n) is 2.48. The van der Waals surface area contributed by atoms with Gasteiger partial charge >= 0.3 is 6.41 Å². The maximum Gasteiger partial charge on any atom is 0.315 e. The van der Waals surface area contributed by atoms with E-state index in [4.69, 9.17) is 0 Å². The summed E-state index contributed by atoms with van der Waals surface area (Å²) >= 11 is 0. The summed E-state index contributed by atoms with van der Waals surface area (Å²) in [7, 11) is 0. The first-order valence-electron chi connectivity index (χ1n) is 3.61. The maximum atomic E-state index is 10.1. The normalized spacial score (nSPS) is 10.0. The van der Waals surface area contributed by atoms with E-state index in [0.717, 1.165) is 10.8 Å². The Morgan fingerprint density at radius 2 is 2.17 bits per heavy atom. The smallest absolute Gasteiger partial charge is 0.315 e. The number of fused-ring (bicyclic) bond motifs is 1. The molecular weight excluding hydrogens is 152 g/mol. The summed E-state index contributed by atoms with van der Waals surface area (Å²) in [6.07, 6.45) is 3.47. The number of hydrogen-bond donors (Lipinski definition) is 2. The maximum absolute atomic E-state index is 10.1. The number of benzene rings is 1. The molecule has 0 bridgehead atoms. The van der Waals surface area contributed by atoms with Crippen molar-refractivity contribution < 1.29 is 4.79 Å². The Morgan fingerprint density at radius 1 is 1.33 bits per heavy atom. The molecule has 2 rings (SSSR count). The molecule has 0 fully saturated rings. The standard InChI is InChI=1S/C9H7N2O/c12-6-11-9-8-4-2-1-3-7(8)5-10-9/h1-5,10H,(H,11,12). The van der Waals surface area contributed by atoms with Crippen molar-refractivity contribution in [1.82, 2.24) is 4.98 Å². The van der Waals surface area contributed by atoms with Crippen molar-refractivity contribution in [3.63, 3.8) is 0 Å². The predicted octanol–water partition coefficient (Wildman–Crippen LogP) is 1.65. The van der Waals surface area contributed by atoms with Crippen LogP contribution in [0, 0.1) is 0 Å². The van der Waals surface area contributed by atoms with Gasteiger partial charge in [0.1, 0.15) is 5.82 Å². The van der Waals surface area contributed by atoms with Crippen LogP contribution < -0.4 is 5.32 Å². The summed E-state index contributed by atoms with van der Waals surface area (Å²) in [5.74, 6) is 0.695. The number of carbonyl (C=O) groups excluding carboxylic acids is 1. The molecule has 1 radical (unpaired) electrons. The highest BCUT2D eigenvalue weighted by atomic mass is 16.1. The van der Waals surface area contributed by atoms with E-state index in [-0.39, 0.29) is 0 Å². The van der Waals surface area contributed by atoms with Crippen LogP contribution in [0.5, 0.6) is 0 Å². The lowest BCUT2D eigenvalue weighted by atomic mass is 10.2. The molecule has 3 heteroatoms. The fourth-order valence-electron chi connectivity index (χ4n) is 1.23. The third-order valence-corrected chi connectivity index (χ3v) is 1.78. The second-order valence-corrected chi connectivity index (χ2v) is 2.48. The SMILES string of the molecule is O=[C]Nc1[nH]cc2ccccc12. The Labute approximate surface area is 69.4 Å². The molecule has 0 saturated carbocycles. The van der Waals surface area contributed by atoms with Crippen molar-refractivity contribution in [2.45, 2.75) is 0 Å². The number of anilines is 1. The molecule has 1 heterocycles. The van der Waals surface area contributed by atoms with E-state index in [9.17, 15) is 4.79 Å². The molecule has 59 valence electrons. The second kappa shape index (κ2) is 2.70. The summed E-state index contributed by atoms with van der Waals surface area (Å²) in [5, 5.41) is 4.55. The number of aromatic nitrogens is 1. The van der Waals surface area contributed by atoms with Gasteiger partial charge in [0.25, 0.3) is 0 Å². The molecule has 12 heavy (non-hydrogen) atoms. The van der Waals surface area contributed by atoms with Gasteiger partial charge < -0.3 is 10.3 Å². The zero-order valence-corrected chi connectivity index (χ0v) is 6.29. The summed E-state index contributed by atoms with van der Waals surface area (Å²) in [4.78, 5) is 13.0. The van der Waals surface area contributed by atoms with Gasteiger partial charge in [-0.3, -0.25) is 4.79 Å². The molecule has 1 aromatic carbocycles. The van der Waals surface area contributed by atoms with Crippen molar-refractivity contribution in [3.05, 3.63) is 30.5 Å². The van der Waals surface area contributed by atoms with Crippen molar-refractivity contribution in [1.29, 1.82) is 0 Å². The molecule has 2 N–H and O–H groups in total. The molecule has 3 nitrogen and oxygen atoms in total. The Bertz CT molecular complexity index is 406. The fourth-order valence-corrected chi connectivity index (χ4v) is 1.23. The van der Waals surface area contributed by atoms with E-state index < -0.39 is 0 Å². The van der Waals surface area contributed by atoms with Gasteiger partial charge in [0, 0.05) is 17.0 Å². The van der Waals surface area contributed by atoms with Gasteiger partial charge in [-0.1, -0.05) is 24.3 Å². The monoisotopic (exact) mass is 159 g/mol. The highest BCUT2D eigenvalue weighted by molar-refractivity contribution is 5.96. The number of H-pyrrole nitrogens is 1. The summed E-state index contributed by atoms with van der Waals surface area (Å²) in [6.45, 7) is 0. The molecule has 1 amide bonds. The Morgan fingerprint density at radius 3 is 3.00 bits per heavy atom. The van der Waals surface area contributed by atoms with Gasteiger partial charge in [0.2, 0.25) is 0 Å². The molecule has 1 aromatic heterocycles. The van der Waals surface area contributed by atoms with E-state index in [1.165, 1.54) is 0 Å². The van der Waals surface area contributed by atoms with Crippen LogP contribution in [0.15, 0.2) is 30.5 Å². The molecule has 2 aromatic rings. The first-order valence-corrected chi connectivity index (χ1v) is 3.61. The molecule has 0 atom stereocenters. The minimum atomic E-state index is 0.695. The Balaban J connectivity index is 2.62. The molecule has 0 spiro atoms. The van der Waals surface area contributed by atoms with Gasteiger partial charge in [-0.25, -0.2) is 0 Å². The predicted molar refractivity (Wildman–Crippen MR) is 47.6 cm³/mol. The Hall–Kier alpha value is -1.77. The minimum absolute atomic E-state index is 0.695. The van der Waals surface area contributed by atoms with Gasteiger partial charge in [0.15, 0.2) is 0 Å². The molecule has 0 saturated heterocycles. The highest BCUT2D eigenvalue weighted by Gasteiger charge is 1.99. The van der Waals surface area contributed by atoms with Crippen molar-refractivity contribution in [3.8, 4) is 0 Å². The van der Waals surface area contributed by atoms with Crippen LogP contribution in [0.3, 0.4) is 0 Å². The van der Waals surface area contributed by atoms with Gasteiger partial charge in [-0.15, -0.1) is 0 Å². The van der Waals surface area contributed by atoms with Gasteiger partial charge in [0.05, 0.1) is 0 Å². The average molecular weight is 159 g/mol.